The maximum Gasteiger partial charge on any atom is 0.326 e. The van der Waals surface area contributed by atoms with Crippen LogP contribution in [-0.4, -0.2) is 49.8 Å². The number of aliphatic carboxylic acids is 1. The molecular formula is C30H39N3O4S. The fraction of sp³-hybridized carbons (Fsp3) is 0.533. The summed E-state index contributed by atoms with van der Waals surface area (Å²) in [5.74, 6) is -0.608. The number of rotatable bonds is 12. The molecule has 1 aliphatic heterocycles. The Morgan fingerprint density at radius 3 is 2.55 bits per heavy atom. The molecule has 1 aromatic carbocycles. The van der Waals surface area contributed by atoms with E-state index in [4.69, 9.17) is 4.98 Å². The molecular weight excluding hydrogens is 498 g/mol. The molecule has 1 saturated heterocycles. The van der Waals surface area contributed by atoms with Crippen molar-refractivity contribution in [3.63, 3.8) is 0 Å². The van der Waals surface area contributed by atoms with Crippen molar-refractivity contribution in [1.82, 2.24) is 14.5 Å². The predicted molar refractivity (Wildman–Crippen MR) is 151 cm³/mol. The molecule has 4 rings (SSSR count). The van der Waals surface area contributed by atoms with Crippen molar-refractivity contribution < 1.29 is 19.5 Å². The second-order valence-corrected chi connectivity index (χ2v) is 11.8. The predicted octanol–water partition coefficient (Wildman–Crippen LogP) is 6.36. The molecule has 3 heterocycles. The first-order chi connectivity index (χ1) is 18.2. The van der Waals surface area contributed by atoms with Gasteiger partial charge in [-0.15, -0.1) is 11.3 Å². The molecule has 7 nitrogen and oxygen atoms in total. The number of ketones is 1. The van der Waals surface area contributed by atoms with Crippen LogP contribution in [-0.2, 0) is 16.0 Å². The Morgan fingerprint density at radius 2 is 1.92 bits per heavy atom. The minimum Gasteiger partial charge on any atom is -0.480 e. The summed E-state index contributed by atoms with van der Waals surface area (Å²) in [6.07, 6.45) is 4.49. The summed E-state index contributed by atoms with van der Waals surface area (Å²) >= 11 is 1.72. The summed E-state index contributed by atoms with van der Waals surface area (Å²) in [6, 6.07) is 9.42. The van der Waals surface area contributed by atoms with Gasteiger partial charge in [-0.1, -0.05) is 33.8 Å². The van der Waals surface area contributed by atoms with Gasteiger partial charge in [-0.2, -0.15) is 0 Å². The van der Waals surface area contributed by atoms with E-state index in [9.17, 15) is 19.5 Å². The summed E-state index contributed by atoms with van der Waals surface area (Å²) in [5.41, 5.74) is 2.37. The van der Waals surface area contributed by atoms with Crippen LogP contribution < -0.4 is 0 Å². The van der Waals surface area contributed by atoms with Gasteiger partial charge in [0.2, 0.25) is 5.91 Å². The second kappa shape index (κ2) is 12.2. The number of aromatic nitrogens is 2. The Hall–Kier alpha value is -3.00. The van der Waals surface area contributed by atoms with Crippen LogP contribution in [0.1, 0.15) is 93.3 Å². The van der Waals surface area contributed by atoms with E-state index < -0.39 is 17.9 Å². The lowest BCUT2D eigenvalue weighted by Gasteiger charge is -2.27. The fourth-order valence-corrected chi connectivity index (χ4v) is 6.48. The number of Topliss-reactive ketones (excluding diaryl/α,β-unsaturated/α-hetero) is 1. The van der Waals surface area contributed by atoms with Gasteiger partial charge in [0.15, 0.2) is 5.78 Å². The third-order valence-electron chi connectivity index (χ3n) is 7.66. The maximum atomic E-state index is 13.5. The Balaban J connectivity index is 1.62. The number of carbonyl (C=O) groups is 3. The lowest BCUT2D eigenvalue weighted by molar-refractivity contribution is -0.150. The number of hydrogen-bond acceptors (Lipinski definition) is 5. The standard InChI is InChI=1S/C30H39N3O4S/c1-5-22(6-2)33-25-12-11-20(16-24(25)31-28(33)18-23-9-8-14-38-23)27(34)17-21(15-19(3)4)29(35)32-13-7-10-26(32)30(36)37/h8-9,11-12,14,16,19,21-22,26H,5-7,10,13,15,17-18H2,1-4H3,(H,36,37)/t21-,26+/m1/s1. The van der Waals surface area contributed by atoms with Gasteiger partial charge in [0.1, 0.15) is 11.9 Å². The second-order valence-electron chi connectivity index (χ2n) is 10.8. The summed E-state index contributed by atoms with van der Waals surface area (Å²) in [4.78, 5) is 46.3. The number of carbonyl (C=O) groups excluding carboxylic acids is 2. The van der Waals surface area contributed by atoms with Crippen molar-refractivity contribution in [2.45, 2.75) is 84.7 Å². The molecule has 1 N–H and O–H groups in total. The topological polar surface area (TPSA) is 92.5 Å². The molecule has 2 aromatic heterocycles. The van der Waals surface area contributed by atoms with Gasteiger partial charge < -0.3 is 14.6 Å². The van der Waals surface area contributed by atoms with E-state index in [1.807, 2.05) is 32.0 Å². The van der Waals surface area contributed by atoms with E-state index in [1.54, 1.807) is 11.3 Å². The smallest absolute Gasteiger partial charge is 0.326 e. The highest BCUT2D eigenvalue weighted by atomic mass is 32.1. The third kappa shape index (κ3) is 6.01. The normalized spacial score (nSPS) is 16.6. The third-order valence-corrected chi connectivity index (χ3v) is 8.54. The minimum atomic E-state index is -0.970. The molecule has 8 heteroatoms. The molecule has 38 heavy (non-hydrogen) atoms. The van der Waals surface area contributed by atoms with Gasteiger partial charge in [0.25, 0.3) is 0 Å². The highest BCUT2D eigenvalue weighted by molar-refractivity contribution is 7.09. The van der Waals surface area contributed by atoms with Crippen molar-refractivity contribution in [3.8, 4) is 0 Å². The Morgan fingerprint density at radius 1 is 1.16 bits per heavy atom. The maximum absolute atomic E-state index is 13.5. The number of thiophene rings is 1. The zero-order valence-electron chi connectivity index (χ0n) is 22.9. The Bertz CT molecular complexity index is 1280. The first kappa shape index (κ1) is 28.0. The first-order valence-electron chi connectivity index (χ1n) is 13.8. The molecule has 1 amide bonds. The number of benzene rings is 1. The number of nitrogens with zero attached hydrogens (tertiary/aromatic N) is 3. The molecule has 3 aromatic rings. The molecule has 0 bridgehead atoms. The molecule has 0 aliphatic carbocycles. The lowest BCUT2D eigenvalue weighted by Crippen LogP contribution is -2.44. The number of fused-ring (bicyclic) bond motifs is 1. The van der Waals surface area contributed by atoms with Gasteiger partial charge in [-0.3, -0.25) is 9.59 Å². The van der Waals surface area contributed by atoms with E-state index >= 15 is 0 Å². The van der Waals surface area contributed by atoms with Crippen LogP contribution in [0.4, 0.5) is 0 Å². The molecule has 0 unspecified atom stereocenters. The summed E-state index contributed by atoms with van der Waals surface area (Å²) < 4.78 is 2.33. The van der Waals surface area contributed by atoms with Crippen LogP contribution in [0, 0.1) is 11.8 Å². The van der Waals surface area contributed by atoms with Gasteiger partial charge in [0, 0.05) is 41.8 Å². The molecule has 0 spiro atoms. The number of carboxylic acids is 1. The summed E-state index contributed by atoms with van der Waals surface area (Å²) in [6.45, 7) is 8.86. The highest BCUT2D eigenvalue weighted by Crippen LogP contribution is 2.30. The van der Waals surface area contributed by atoms with Crippen LogP contribution in [0.15, 0.2) is 35.7 Å². The Kier molecular flexibility index (Phi) is 9.03. The monoisotopic (exact) mass is 537 g/mol. The Labute approximate surface area is 228 Å². The van der Waals surface area contributed by atoms with Gasteiger partial charge >= 0.3 is 5.97 Å². The quantitative estimate of drug-likeness (QED) is 0.271. The molecule has 2 atom stereocenters. The highest BCUT2D eigenvalue weighted by Gasteiger charge is 2.38. The van der Waals surface area contributed by atoms with Crippen LogP contribution >= 0.6 is 11.3 Å². The average Bonchev–Trinajstić information content (AvgIpc) is 3.64. The summed E-state index contributed by atoms with van der Waals surface area (Å²) in [5, 5.41) is 11.6. The number of carboxylic acid groups (broad SMARTS) is 1. The molecule has 1 fully saturated rings. The molecule has 204 valence electrons. The zero-order chi connectivity index (χ0) is 27.4. The SMILES string of the molecule is CCC(CC)n1c(Cc2cccs2)nc2cc(C(=O)C[C@@H](CC(C)C)C(=O)N3CCC[C@H]3C(=O)O)ccc21. The number of amides is 1. The van der Waals surface area contributed by atoms with E-state index in [1.165, 1.54) is 9.78 Å². The lowest BCUT2D eigenvalue weighted by atomic mass is 9.89. The largest absolute Gasteiger partial charge is 0.480 e. The van der Waals surface area contributed by atoms with Crippen molar-refractivity contribution in [2.24, 2.45) is 11.8 Å². The van der Waals surface area contributed by atoms with E-state index in [-0.39, 0.29) is 24.0 Å². The van der Waals surface area contributed by atoms with Crippen LogP contribution in [0.2, 0.25) is 0 Å². The number of hydrogen-bond donors (Lipinski definition) is 1. The molecule has 1 aliphatic rings. The average molecular weight is 538 g/mol. The van der Waals surface area contributed by atoms with E-state index in [2.05, 4.69) is 35.9 Å². The van der Waals surface area contributed by atoms with Crippen LogP contribution in [0.3, 0.4) is 0 Å². The van der Waals surface area contributed by atoms with Crippen molar-refractivity contribution in [1.29, 1.82) is 0 Å². The van der Waals surface area contributed by atoms with Gasteiger partial charge in [0.05, 0.1) is 11.0 Å². The molecule has 0 radical (unpaired) electrons. The van der Waals surface area contributed by atoms with Gasteiger partial charge in [-0.05, 0) is 67.7 Å². The zero-order valence-corrected chi connectivity index (χ0v) is 23.7. The molecule has 0 saturated carbocycles. The van der Waals surface area contributed by atoms with Gasteiger partial charge in [-0.25, -0.2) is 9.78 Å². The van der Waals surface area contributed by atoms with Crippen molar-refractivity contribution >= 4 is 40.0 Å². The first-order valence-corrected chi connectivity index (χ1v) is 14.7. The van der Waals surface area contributed by atoms with E-state index in [0.717, 1.165) is 36.1 Å². The number of imidazole rings is 1. The van der Waals surface area contributed by atoms with Crippen LogP contribution in [0.25, 0.3) is 11.0 Å². The minimum absolute atomic E-state index is 0.0701. The fourth-order valence-electron chi connectivity index (χ4n) is 5.78. The van der Waals surface area contributed by atoms with Crippen molar-refractivity contribution in [3.05, 3.63) is 52.0 Å². The van der Waals surface area contributed by atoms with Crippen molar-refractivity contribution in [2.75, 3.05) is 6.54 Å². The van der Waals surface area contributed by atoms with E-state index in [0.29, 0.717) is 37.4 Å². The van der Waals surface area contributed by atoms with Crippen LogP contribution in [0.5, 0.6) is 0 Å². The number of likely N-dealkylation sites (tertiary alicyclic amines) is 1. The summed E-state index contributed by atoms with van der Waals surface area (Å²) in [7, 11) is 0.